The van der Waals surface area contributed by atoms with Gasteiger partial charge in [0.2, 0.25) is 5.82 Å². The highest BCUT2D eigenvalue weighted by molar-refractivity contribution is 5.85. The van der Waals surface area contributed by atoms with Crippen molar-refractivity contribution >= 4 is 5.97 Å². The lowest BCUT2D eigenvalue weighted by atomic mass is 10.4. The van der Waals surface area contributed by atoms with Crippen molar-refractivity contribution in [2.24, 2.45) is 0 Å². The average Bonchev–Trinajstić information content (AvgIpc) is 2.77. The second-order valence-corrected chi connectivity index (χ2v) is 2.81. The minimum absolute atomic E-state index is 0.151. The van der Waals surface area contributed by atoms with Crippen LogP contribution in [-0.2, 0) is 0 Å². The van der Waals surface area contributed by atoms with Gasteiger partial charge in [0.15, 0.2) is 11.5 Å². The van der Waals surface area contributed by atoms with Gasteiger partial charge in [-0.05, 0) is 12.1 Å². The van der Waals surface area contributed by atoms with Gasteiger partial charge in [0.05, 0.1) is 0 Å². The molecule has 7 nitrogen and oxygen atoms in total. The molecule has 2 aromatic rings. The van der Waals surface area contributed by atoms with Crippen molar-refractivity contribution in [3.8, 4) is 11.9 Å². The smallest absolute Gasteiger partial charge is 0.356 e. The monoisotopic (exact) mass is 215 g/mol. The molecule has 0 amide bonds. The molecular weight excluding hydrogens is 210 g/mol. The van der Waals surface area contributed by atoms with E-state index in [0.29, 0.717) is 5.82 Å². The molecule has 0 atom stereocenters. The van der Waals surface area contributed by atoms with E-state index in [4.69, 9.17) is 10.4 Å². The number of hydrogen-bond donors (Lipinski definition) is 1. The summed E-state index contributed by atoms with van der Waals surface area (Å²) < 4.78 is 1.42. The molecule has 0 unspecified atom stereocenters. The van der Waals surface area contributed by atoms with E-state index in [1.165, 1.54) is 22.9 Å². The zero-order chi connectivity index (χ0) is 11.5. The number of carboxylic acid groups (broad SMARTS) is 1. The first-order valence-corrected chi connectivity index (χ1v) is 4.23. The predicted molar refractivity (Wildman–Crippen MR) is 50.8 cm³/mol. The molecule has 0 saturated heterocycles. The minimum Gasteiger partial charge on any atom is -0.476 e. The molecule has 0 aliphatic heterocycles. The van der Waals surface area contributed by atoms with Crippen molar-refractivity contribution in [1.29, 1.82) is 5.26 Å². The topological polar surface area (TPSA) is 105 Å². The molecule has 2 aromatic heterocycles. The van der Waals surface area contributed by atoms with E-state index in [-0.39, 0.29) is 11.5 Å². The Morgan fingerprint density at radius 1 is 1.44 bits per heavy atom. The number of aromatic nitrogens is 4. The van der Waals surface area contributed by atoms with Crippen LogP contribution in [0.5, 0.6) is 0 Å². The molecule has 0 fully saturated rings. The van der Waals surface area contributed by atoms with Gasteiger partial charge in [-0.3, -0.25) is 4.57 Å². The van der Waals surface area contributed by atoms with Crippen LogP contribution in [0.25, 0.3) is 5.82 Å². The SMILES string of the molecule is N#Cc1nccn1-c1ccc(C(=O)O)nn1. The van der Waals surface area contributed by atoms with E-state index < -0.39 is 5.97 Å². The van der Waals surface area contributed by atoms with Gasteiger partial charge < -0.3 is 5.11 Å². The Morgan fingerprint density at radius 2 is 2.25 bits per heavy atom. The Balaban J connectivity index is 2.43. The number of imidazole rings is 1. The van der Waals surface area contributed by atoms with Crippen LogP contribution in [0.4, 0.5) is 0 Å². The first-order chi connectivity index (χ1) is 7.72. The Hall–Kier alpha value is -2.75. The Kier molecular flexibility index (Phi) is 2.31. The molecule has 0 aromatic carbocycles. The molecule has 78 valence electrons. The summed E-state index contributed by atoms with van der Waals surface area (Å²) in [5.74, 6) is -0.637. The molecule has 16 heavy (non-hydrogen) atoms. The highest BCUT2D eigenvalue weighted by Gasteiger charge is 2.08. The maximum atomic E-state index is 10.5. The molecule has 1 N–H and O–H groups in total. The van der Waals surface area contributed by atoms with Crippen LogP contribution in [-0.4, -0.2) is 30.8 Å². The predicted octanol–water partition coefficient (Wildman–Crippen LogP) is 0.232. The van der Waals surface area contributed by atoms with E-state index in [2.05, 4.69) is 15.2 Å². The first kappa shape index (κ1) is 9.79. The van der Waals surface area contributed by atoms with Gasteiger partial charge in [0, 0.05) is 12.4 Å². The second kappa shape index (κ2) is 3.78. The lowest BCUT2D eigenvalue weighted by Crippen LogP contribution is -2.06. The second-order valence-electron chi connectivity index (χ2n) is 2.81. The summed E-state index contributed by atoms with van der Waals surface area (Å²) in [6, 6.07) is 4.65. The highest BCUT2D eigenvalue weighted by Crippen LogP contribution is 2.06. The molecule has 0 saturated carbocycles. The third kappa shape index (κ3) is 1.59. The Labute approximate surface area is 89.6 Å². The molecule has 2 heterocycles. The standard InChI is InChI=1S/C9H5N5O2/c10-5-8-11-3-4-14(8)7-2-1-6(9(15)16)12-13-7/h1-4H,(H,15,16). The number of hydrogen-bond acceptors (Lipinski definition) is 5. The number of carbonyl (C=O) groups is 1. The molecule has 0 aliphatic rings. The quantitative estimate of drug-likeness (QED) is 0.768. The van der Waals surface area contributed by atoms with Crippen LogP contribution < -0.4 is 0 Å². The summed E-state index contributed by atoms with van der Waals surface area (Å²) in [6.07, 6.45) is 2.99. The fraction of sp³-hybridized carbons (Fsp3) is 0. The largest absolute Gasteiger partial charge is 0.476 e. The van der Waals surface area contributed by atoms with Crippen LogP contribution >= 0.6 is 0 Å². The summed E-state index contributed by atoms with van der Waals surface area (Å²) in [7, 11) is 0. The molecule has 0 aliphatic carbocycles. The van der Waals surface area contributed by atoms with Gasteiger partial charge in [-0.25, -0.2) is 9.78 Å². The molecular formula is C9H5N5O2. The highest BCUT2D eigenvalue weighted by atomic mass is 16.4. The van der Waals surface area contributed by atoms with Gasteiger partial charge in [-0.1, -0.05) is 0 Å². The average molecular weight is 215 g/mol. The minimum atomic E-state index is -1.15. The maximum Gasteiger partial charge on any atom is 0.356 e. The number of nitrogens with zero attached hydrogens (tertiary/aromatic N) is 5. The third-order valence-electron chi connectivity index (χ3n) is 1.86. The molecule has 0 bridgehead atoms. The van der Waals surface area contributed by atoms with E-state index in [0.717, 1.165) is 0 Å². The normalized spacial score (nSPS) is 9.69. The van der Waals surface area contributed by atoms with Crippen molar-refractivity contribution in [2.75, 3.05) is 0 Å². The van der Waals surface area contributed by atoms with Crippen molar-refractivity contribution < 1.29 is 9.90 Å². The van der Waals surface area contributed by atoms with Crippen LogP contribution in [0.1, 0.15) is 16.3 Å². The van der Waals surface area contributed by atoms with Crippen molar-refractivity contribution in [3.05, 3.63) is 36.0 Å². The number of carboxylic acids is 1. The zero-order valence-electron chi connectivity index (χ0n) is 7.90. The van der Waals surface area contributed by atoms with E-state index in [1.807, 2.05) is 6.07 Å². The number of nitriles is 1. The Bertz CT molecular complexity index is 566. The van der Waals surface area contributed by atoms with Crippen LogP contribution in [0.3, 0.4) is 0 Å². The van der Waals surface area contributed by atoms with Gasteiger partial charge in [-0.2, -0.15) is 5.26 Å². The Morgan fingerprint density at radius 3 is 2.81 bits per heavy atom. The molecule has 7 heteroatoms. The van der Waals surface area contributed by atoms with Crippen molar-refractivity contribution in [2.45, 2.75) is 0 Å². The summed E-state index contributed by atoms with van der Waals surface area (Å²) >= 11 is 0. The van der Waals surface area contributed by atoms with Gasteiger partial charge >= 0.3 is 5.97 Å². The fourth-order valence-corrected chi connectivity index (χ4v) is 1.14. The van der Waals surface area contributed by atoms with Crippen LogP contribution in [0, 0.1) is 11.3 Å². The third-order valence-corrected chi connectivity index (χ3v) is 1.86. The van der Waals surface area contributed by atoms with Crippen molar-refractivity contribution in [1.82, 2.24) is 19.7 Å². The van der Waals surface area contributed by atoms with E-state index in [9.17, 15) is 4.79 Å². The molecule has 0 radical (unpaired) electrons. The van der Waals surface area contributed by atoms with E-state index >= 15 is 0 Å². The van der Waals surface area contributed by atoms with Crippen molar-refractivity contribution in [3.63, 3.8) is 0 Å². The number of aromatic carboxylic acids is 1. The first-order valence-electron chi connectivity index (χ1n) is 4.23. The molecule has 2 rings (SSSR count). The summed E-state index contributed by atoms with van der Waals surface area (Å²) in [4.78, 5) is 14.3. The summed E-state index contributed by atoms with van der Waals surface area (Å²) in [6.45, 7) is 0. The molecule has 0 spiro atoms. The van der Waals surface area contributed by atoms with E-state index in [1.54, 1.807) is 6.20 Å². The lowest BCUT2D eigenvalue weighted by molar-refractivity contribution is 0.0689. The number of rotatable bonds is 2. The maximum absolute atomic E-state index is 10.5. The van der Waals surface area contributed by atoms with Gasteiger partial charge in [0.25, 0.3) is 0 Å². The zero-order valence-corrected chi connectivity index (χ0v) is 7.90. The van der Waals surface area contributed by atoms with Crippen LogP contribution in [0.2, 0.25) is 0 Å². The van der Waals surface area contributed by atoms with Crippen LogP contribution in [0.15, 0.2) is 24.5 Å². The van der Waals surface area contributed by atoms with Gasteiger partial charge in [-0.15, -0.1) is 10.2 Å². The summed E-state index contributed by atoms with van der Waals surface area (Å²) in [5.41, 5.74) is -0.151. The fourth-order valence-electron chi connectivity index (χ4n) is 1.14. The summed E-state index contributed by atoms with van der Waals surface area (Å²) in [5, 5.41) is 24.6. The lowest BCUT2D eigenvalue weighted by Gasteiger charge is -2.00. The van der Waals surface area contributed by atoms with Gasteiger partial charge in [0.1, 0.15) is 6.07 Å².